The highest BCUT2D eigenvalue weighted by atomic mass is 16.1. The van der Waals surface area contributed by atoms with Crippen molar-refractivity contribution in [2.75, 3.05) is 14.1 Å². The summed E-state index contributed by atoms with van der Waals surface area (Å²) in [5.41, 5.74) is 1.02. The van der Waals surface area contributed by atoms with Crippen molar-refractivity contribution >= 4 is 5.78 Å². The second-order valence-corrected chi connectivity index (χ2v) is 6.35. The van der Waals surface area contributed by atoms with Gasteiger partial charge in [0.1, 0.15) is 0 Å². The molecule has 2 aliphatic rings. The SMILES string of the molecule is CN(C)C1(CC(=O)c2ccccc2)[C@@H]2CCCC[C@@H]21. The normalized spacial score (nSPS) is 33.0. The van der Waals surface area contributed by atoms with E-state index in [0.29, 0.717) is 12.2 Å². The molecule has 1 aromatic carbocycles. The maximum atomic E-state index is 12.5. The average Bonchev–Trinajstić information content (AvgIpc) is 3.09. The Hall–Kier alpha value is -1.15. The molecule has 1 unspecified atom stereocenters. The Kier molecular flexibility index (Phi) is 3.22. The summed E-state index contributed by atoms with van der Waals surface area (Å²) in [4.78, 5) is 14.8. The molecule has 0 amide bonds. The monoisotopic (exact) mass is 257 g/mol. The van der Waals surface area contributed by atoms with Crippen LogP contribution in [0.1, 0.15) is 42.5 Å². The summed E-state index contributed by atoms with van der Waals surface area (Å²) >= 11 is 0. The van der Waals surface area contributed by atoms with Crippen LogP contribution in [0.2, 0.25) is 0 Å². The van der Waals surface area contributed by atoms with Gasteiger partial charge >= 0.3 is 0 Å². The number of fused-ring (bicyclic) bond motifs is 1. The second kappa shape index (κ2) is 4.75. The van der Waals surface area contributed by atoms with Crippen LogP contribution in [-0.2, 0) is 0 Å². The standard InChI is InChI=1S/C17H23NO/c1-18(2)17(14-10-6-7-11-15(14)17)12-16(19)13-8-4-3-5-9-13/h3-5,8-9,14-15H,6-7,10-12H2,1-2H3/t14-,15+,17?. The predicted molar refractivity (Wildman–Crippen MR) is 77.3 cm³/mol. The van der Waals surface area contributed by atoms with Crippen LogP contribution in [-0.4, -0.2) is 30.3 Å². The summed E-state index contributed by atoms with van der Waals surface area (Å²) in [6.45, 7) is 0. The maximum Gasteiger partial charge on any atom is 0.164 e. The zero-order valence-electron chi connectivity index (χ0n) is 11.9. The molecular weight excluding hydrogens is 234 g/mol. The lowest BCUT2D eigenvalue weighted by molar-refractivity contribution is 0.0915. The van der Waals surface area contributed by atoms with Gasteiger partial charge in [0.05, 0.1) is 0 Å². The number of nitrogens with zero attached hydrogens (tertiary/aromatic N) is 1. The summed E-state index contributed by atoms with van der Waals surface area (Å²) in [5, 5.41) is 0. The minimum absolute atomic E-state index is 0.156. The fraction of sp³-hybridized carbons (Fsp3) is 0.588. The third-order valence-electron chi connectivity index (χ3n) is 5.31. The van der Waals surface area contributed by atoms with Gasteiger partial charge in [-0.3, -0.25) is 4.79 Å². The van der Waals surface area contributed by atoms with Crippen molar-refractivity contribution in [1.29, 1.82) is 0 Å². The van der Waals surface area contributed by atoms with Crippen molar-refractivity contribution in [3.8, 4) is 0 Å². The molecule has 2 aliphatic carbocycles. The first-order chi connectivity index (χ1) is 9.16. The van der Waals surface area contributed by atoms with Crippen LogP contribution >= 0.6 is 0 Å². The van der Waals surface area contributed by atoms with Crippen LogP contribution in [0.15, 0.2) is 30.3 Å². The van der Waals surface area contributed by atoms with Gasteiger partial charge in [0.15, 0.2) is 5.78 Å². The number of hydrogen-bond acceptors (Lipinski definition) is 2. The largest absolute Gasteiger partial charge is 0.303 e. The van der Waals surface area contributed by atoms with E-state index in [0.717, 1.165) is 17.4 Å². The molecule has 0 aliphatic heterocycles. The fourth-order valence-electron chi connectivity index (χ4n) is 4.29. The van der Waals surface area contributed by atoms with Gasteiger partial charge in [0, 0.05) is 17.5 Å². The molecule has 19 heavy (non-hydrogen) atoms. The number of carbonyl (C=O) groups excluding carboxylic acids is 1. The molecule has 2 saturated carbocycles. The molecule has 102 valence electrons. The van der Waals surface area contributed by atoms with E-state index >= 15 is 0 Å². The number of Topliss-reactive ketones (excluding diaryl/α,β-unsaturated/α-hetero) is 1. The summed E-state index contributed by atoms with van der Waals surface area (Å²) in [6, 6.07) is 9.76. The molecule has 3 rings (SSSR count). The Labute approximate surface area is 115 Å². The van der Waals surface area contributed by atoms with Crippen molar-refractivity contribution < 1.29 is 4.79 Å². The molecule has 0 bridgehead atoms. The molecule has 2 nitrogen and oxygen atoms in total. The van der Waals surface area contributed by atoms with Gasteiger partial charge in [0.25, 0.3) is 0 Å². The Morgan fingerprint density at radius 1 is 1.16 bits per heavy atom. The quantitative estimate of drug-likeness (QED) is 0.771. The topological polar surface area (TPSA) is 20.3 Å². The molecule has 0 N–H and O–H groups in total. The van der Waals surface area contributed by atoms with Crippen LogP contribution in [0.3, 0.4) is 0 Å². The first kappa shape index (κ1) is 12.9. The molecule has 2 heteroatoms. The number of hydrogen-bond donors (Lipinski definition) is 0. The third kappa shape index (κ3) is 2.02. The first-order valence-corrected chi connectivity index (χ1v) is 7.42. The van der Waals surface area contributed by atoms with E-state index in [2.05, 4.69) is 19.0 Å². The summed E-state index contributed by atoms with van der Waals surface area (Å²) in [6.07, 6.45) is 6.00. The molecule has 0 radical (unpaired) electrons. The summed E-state index contributed by atoms with van der Waals surface area (Å²) in [7, 11) is 4.30. The number of carbonyl (C=O) groups is 1. The third-order valence-corrected chi connectivity index (χ3v) is 5.31. The highest BCUT2D eigenvalue weighted by Gasteiger charge is 2.65. The lowest BCUT2D eigenvalue weighted by Gasteiger charge is -2.26. The average molecular weight is 257 g/mol. The first-order valence-electron chi connectivity index (χ1n) is 7.42. The molecular formula is C17H23NO. The number of ketones is 1. The Morgan fingerprint density at radius 2 is 1.74 bits per heavy atom. The Balaban J connectivity index is 1.79. The van der Waals surface area contributed by atoms with Crippen LogP contribution in [0.4, 0.5) is 0 Å². The van der Waals surface area contributed by atoms with Gasteiger partial charge < -0.3 is 4.90 Å². The zero-order valence-corrected chi connectivity index (χ0v) is 11.9. The number of benzene rings is 1. The fourth-order valence-corrected chi connectivity index (χ4v) is 4.29. The van der Waals surface area contributed by atoms with Crippen molar-refractivity contribution in [2.24, 2.45) is 11.8 Å². The molecule has 1 aromatic rings. The molecule has 0 heterocycles. The maximum absolute atomic E-state index is 12.5. The van der Waals surface area contributed by atoms with Crippen LogP contribution in [0, 0.1) is 11.8 Å². The van der Waals surface area contributed by atoms with Crippen LogP contribution in [0.5, 0.6) is 0 Å². The molecule has 2 fully saturated rings. The van der Waals surface area contributed by atoms with Crippen molar-refractivity contribution in [3.63, 3.8) is 0 Å². The van der Waals surface area contributed by atoms with Crippen LogP contribution in [0.25, 0.3) is 0 Å². The smallest absolute Gasteiger partial charge is 0.164 e. The Bertz CT molecular complexity index is 453. The van der Waals surface area contributed by atoms with Gasteiger partial charge in [-0.05, 0) is 38.8 Å². The molecule has 0 spiro atoms. The van der Waals surface area contributed by atoms with Gasteiger partial charge in [-0.25, -0.2) is 0 Å². The van der Waals surface area contributed by atoms with E-state index in [9.17, 15) is 4.79 Å². The molecule has 0 saturated heterocycles. The van der Waals surface area contributed by atoms with E-state index < -0.39 is 0 Å². The molecule has 3 atom stereocenters. The van der Waals surface area contributed by atoms with Gasteiger partial charge in [0.2, 0.25) is 0 Å². The predicted octanol–water partition coefficient (Wildman–Crippen LogP) is 3.38. The highest BCUT2D eigenvalue weighted by molar-refractivity contribution is 5.97. The lowest BCUT2D eigenvalue weighted by atomic mass is 9.98. The van der Waals surface area contributed by atoms with Crippen molar-refractivity contribution in [1.82, 2.24) is 4.90 Å². The van der Waals surface area contributed by atoms with Crippen molar-refractivity contribution in [3.05, 3.63) is 35.9 Å². The van der Waals surface area contributed by atoms with Gasteiger partial charge in [-0.1, -0.05) is 43.2 Å². The van der Waals surface area contributed by atoms with Gasteiger partial charge in [-0.15, -0.1) is 0 Å². The van der Waals surface area contributed by atoms with E-state index in [1.165, 1.54) is 25.7 Å². The summed E-state index contributed by atoms with van der Waals surface area (Å²) in [5.74, 6) is 1.82. The zero-order chi connectivity index (χ0) is 13.5. The van der Waals surface area contributed by atoms with E-state index in [4.69, 9.17) is 0 Å². The van der Waals surface area contributed by atoms with Crippen LogP contribution < -0.4 is 0 Å². The highest BCUT2D eigenvalue weighted by Crippen LogP contribution is 2.63. The van der Waals surface area contributed by atoms with Crippen molar-refractivity contribution in [2.45, 2.75) is 37.6 Å². The van der Waals surface area contributed by atoms with E-state index in [1.54, 1.807) is 0 Å². The summed E-state index contributed by atoms with van der Waals surface area (Å²) < 4.78 is 0. The minimum atomic E-state index is 0.156. The number of rotatable bonds is 4. The Morgan fingerprint density at radius 3 is 2.26 bits per heavy atom. The minimum Gasteiger partial charge on any atom is -0.303 e. The van der Waals surface area contributed by atoms with E-state index in [1.807, 2.05) is 30.3 Å². The van der Waals surface area contributed by atoms with E-state index in [-0.39, 0.29) is 5.54 Å². The van der Waals surface area contributed by atoms with Gasteiger partial charge in [-0.2, -0.15) is 0 Å². The second-order valence-electron chi connectivity index (χ2n) is 6.35. The lowest BCUT2D eigenvalue weighted by Crippen LogP contribution is -2.36. The molecule has 0 aromatic heterocycles.